The molecule has 1 unspecified atom stereocenters. The zero-order chi connectivity index (χ0) is 22.4. The smallest absolute Gasteiger partial charge is 0.251 e. The number of ether oxygens (including phenoxy) is 1. The minimum Gasteiger partial charge on any atom is -0.497 e. The molecule has 1 aliphatic rings. The molecule has 3 rings (SSSR count). The van der Waals surface area contributed by atoms with Gasteiger partial charge in [-0.25, -0.2) is 4.98 Å². The number of rotatable bonds is 7. The molecule has 0 radical (unpaired) electrons. The first-order chi connectivity index (χ1) is 14.9. The van der Waals surface area contributed by atoms with Crippen LogP contribution in [0.15, 0.2) is 29.6 Å². The van der Waals surface area contributed by atoms with Gasteiger partial charge < -0.3 is 15.0 Å². The molecule has 31 heavy (non-hydrogen) atoms. The Labute approximate surface area is 188 Å². The average Bonchev–Trinajstić information content (AvgIpc) is 3.03. The number of carbonyl (C=O) groups is 2. The molecule has 8 heteroatoms. The number of nitrogens with zero attached hydrogens (tertiary/aromatic N) is 3. The number of nitrogens with one attached hydrogen (secondary N) is 1. The molecule has 1 N–H and O–H groups in total. The summed E-state index contributed by atoms with van der Waals surface area (Å²) in [5.41, 5.74) is 1.61. The maximum absolute atomic E-state index is 13.3. The summed E-state index contributed by atoms with van der Waals surface area (Å²) in [6.07, 6.45) is 0.909. The van der Waals surface area contributed by atoms with Gasteiger partial charge in [0, 0.05) is 43.7 Å². The second-order valence-electron chi connectivity index (χ2n) is 8.24. The van der Waals surface area contributed by atoms with E-state index in [1.165, 1.54) is 0 Å². The van der Waals surface area contributed by atoms with Gasteiger partial charge in [-0.05, 0) is 43.5 Å². The number of benzene rings is 1. The van der Waals surface area contributed by atoms with Gasteiger partial charge in [0.15, 0.2) is 0 Å². The largest absolute Gasteiger partial charge is 0.497 e. The molecular formula is C23H32N4O3S. The first-order valence-corrected chi connectivity index (χ1v) is 11.6. The van der Waals surface area contributed by atoms with Gasteiger partial charge in [-0.3, -0.25) is 14.5 Å². The lowest BCUT2D eigenvalue weighted by atomic mass is 10.0. The first kappa shape index (κ1) is 23.2. The lowest BCUT2D eigenvalue weighted by Crippen LogP contribution is -2.52. The topological polar surface area (TPSA) is 74.8 Å². The number of methoxy groups -OCH3 is 1. The number of amides is 2. The third-order valence-electron chi connectivity index (χ3n) is 5.52. The van der Waals surface area contributed by atoms with Crippen molar-refractivity contribution in [2.24, 2.45) is 5.92 Å². The van der Waals surface area contributed by atoms with Crippen LogP contribution in [0.4, 0.5) is 0 Å². The standard InChI is InChI=1S/C23H32N4O3S/c1-16(2)21(25-22(28)18-6-8-20(30-4)9-7-18)23(29)27-11-5-10-26(12-13-27)14-19-15-31-17(3)24-19/h6-9,15-16,21H,5,10-14H2,1-4H3,(H,25,28). The van der Waals surface area contributed by atoms with E-state index >= 15 is 0 Å². The summed E-state index contributed by atoms with van der Waals surface area (Å²) in [5, 5.41) is 6.13. The summed E-state index contributed by atoms with van der Waals surface area (Å²) in [5.74, 6) is 0.426. The minimum atomic E-state index is -0.553. The zero-order valence-corrected chi connectivity index (χ0v) is 19.6. The van der Waals surface area contributed by atoms with Crippen LogP contribution in [-0.4, -0.2) is 65.9 Å². The molecule has 1 saturated heterocycles. The fourth-order valence-electron chi connectivity index (χ4n) is 3.74. The molecule has 2 heterocycles. The summed E-state index contributed by atoms with van der Waals surface area (Å²) in [6, 6.07) is 6.35. The van der Waals surface area contributed by atoms with E-state index < -0.39 is 6.04 Å². The van der Waals surface area contributed by atoms with Crippen molar-refractivity contribution < 1.29 is 14.3 Å². The van der Waals surface area contributed by atoms with E-state index in [0.29, 0.717) is 24.4 Å². The van der Waals surface area contributed by atoms with E-state index in [9.17, 15) is 9.59 Å². The molecule has 1 atom stereocenters. The second-order valence-corrected chi connectivity index (χ2v) is 9.30. The van der Waals surface area contributed by atoms with Crippen LogP contribution in [-0.2, 0) is 11.3 Å². The predicted molar refractivity (Wildman–Crippen MR) is 122 cm³/mol. The molecule has 168 valence electrons. The van der Waals surface area contributed by atoms with E-state index in [4.69, 9.17) is 4.74 Å². The van der Waals surface area contributed by atoms with E-state index in [1.54, 1.807) is 42.7 Å². The fourth-order valence-corrected chi connectivity index (χ4v) is 4.34. The van der Waals surface area contributed by atoms with Gasteiger partial charge in [-0.15, -0.1) is 11.3 Å². The van der Waals surface area contributed by atoms with Crippen LogP contribution in [0.2, 0.25) is 0 Å². The van der Waals surface area contributed by atoms with Crippen molar-refractivity contribution >= 4 is 23.2 Å². The van der Waals surface area contributed by atoms with Gasteiger partial charge in [0.1, 0.15) is 11.8 Å². The monoisotopic (exact) mass is 444 g/mol. The van der Waals surface area contributed by atoms with Gasteiger partial charge in [0.2, 0.25) is 5.91 Å². The van der Waals surface area contributed by atoms with E-state index in [1.807, 2.05) is 25.7 Å². The Morgan fingerprint density at radius 1 is 1.16 bits per heavy atom. The van der Waals surface area contributed by atoms with Gasteiger partial charge in [-0.1, -0.05) is 13.8 Å². The van der Waals surface area contributed by atoms with Crippen molar-refractivity contribution in [1.82, 2.24) is 20.1 Å². The number of hydrogen-bond donors (Lipinski definition) is 1. The van der Waals surface area contributed by atoms with Crippen LogP contribution < -0.4 is 10.1 Å². The Hall–Kier alpha value is -2.45. The van der Waals surface area contributed by atoms with Crippen LogP contribution in [0, 0.1) is 12.8 Å². The quantitative estimate of drug-likeness (QED) is 0.711. The lowest BCUT2D eigenvalue weighted by Gasteiger charge is -2.29. The summed E-state index contributed by atoms with van der Waals surface area (Å²) < 4.78 is 5.15. The van der Waals surface area contributed by atoms with Gasteiger partial charge in [-0.2, -0.15) is 0 Å². The maximum Gasteiger partial charge on any atom is 0.251 e. The Balaban J connectivity index is 1.60. The summed E-state index contributed by atoms with van der Waals surface area (Å²) in [7, 11) is 1.59. The molecule has 0 aliphatic carbocycles. The number of aromatic nitrogens is 1. The first-order valence-electron chi connectivity index (χ1n) is 10.7. The summed E-state index contributed by atoms with van der Waals surface area (Å²) >= 11 is 1.67. The molecule has 0 saturated carbocycles. The average molecular weight is 445 g/mol. The second kappa shape index (κ2) is 10.7. The van der Waals surface area contributed by atoms with Crippen molar-refractivity contribution in [3.05, 3.63) is 45.9 Å². The molecule has 2 aromatic rings. The van der Waals surface area contributed by atoms with Crippen molar-refractivity contribution in [2.45, 2.75) is 39.8 Å². The third-order valence-corrected chi connectivity index (χ3v) is 6.35. The zero-order valence-electron chi connectivity index (χ0n) is 18.8. The molecule has 0 bridgehead atoms. The predicted octanol–water partition coefficient (Wildman–Crippen LogP) is 2.95. The van der Waals surface area contributed by atoms with Crippen LogP contribution >= 0.6 is 11.3 Å². The van der Waals surface area contributed by atoms with Gasteiger partial charge in [0.25, 0.3) is 5.91 Å². The van der Waals surface area contributed by atoms with Crippen LogP contribution in [0.5, 0.6) is 5.75 Å². The Morgan fingerprint density at radius 2 is 1.90 bits per heavy atom. The molecule has 7 nitrogen and oxygen atoms in total. The van der Waals surface area contributed by atoms with Gasteiger partial charge >= 0.3 is 0 Å². The Kier molecular flexibility index (Phi) is 8.03. The molecule has 1 fully saturated rings. The number of aryl methyl sites for hydroxylation is 1. The fraction of sp³-hybridized carbons (Fsp3) is 0.522. The van der Waals surface area contributed by atoms with Crippen molar-refractivity contribution in [1.29, 1.82) is 0 Å². The highest BCUT2D eigenvalue weighted by Crippen LogP contribution is 2.16. The summed E-state index contributed by atoms with van der Waals surface area (Å²) in [6.45, 7) is 9.86. The summed E-state index contributed by atoms with van der Waals surface area (Å²) in [4.78, 5) is 34.8. The SMILES string of the molecule is COc1ccc(C(=O)NC(C(=O)N2CCCN(Cc3csc(C)n3)CC2)C(C)C)cc1. The van der Waals surface area contributed by atoms with Gasteiger partial charge in [0.05, 0.1) is 17.8 Å². The van der Waals surface area contributed by atoms with E-state index in [0.717, 1.165) is 36.8 Å². The third kappa shape index (κ3) is 6.27. The van der Waals surface area contributed by atoms with E-state index in [-0.39, 0.29) is 17.7 Å². The van der Waals surface area contributed by atoms with Crippen molar-refractivity contribution in [3.63, 3.8) is 0 Å². The van der Waals surface area contributed by atoms with E-state index in [2.05, 4.69) is 20.6 Å². The number of hydrogen-bond acceptors (Lipinski definition) is 6. The number of carbonyl (C=O) groups excluding carboxylic acids is 2. The Morgan fingerprint density at radius 3 is 2.52 bits per heavy atom. The molecular weight excluding hydrogens is 412 g/mol. The highest BCUT2D eigenvalue weighted by Gasteiger charge is 2.30. The highest BCUT2D eigenvalue weighted by molar-refractivity contribution is 7.09. The Bertz CT molecular complexity index is 881. The minimum absolute atomic E-state index is 0.00737. The number of thiazole rings is 1. The highest BCUT2D eigenvalue weighted by atomic mass is 32.1. The van der Waals surface area contributed by atoms with Crippen LogP contribution in [0.1, 0.15) is 41.3 Å². The molecule has 2 amide bonds. The molecule has 1 aliphatic heterocycles. The van der Waals surface area contributed by atoms with Crippen molar-refractivity contribution in [2.75, 3.05) is 33.3 Å². The molecule has 0 spiro atoms. The molecule has 1 aromatic heterocycles. The van der Waals surface area contributed by atoms with Crippen molar-refractivity contribution in [3.8, 4) is 5.75 Å². The van der Waals surface area contributed by atoms with Crippen LogP contribution in [0.25, 0.3) is 0 Å². The maximum atomic E-state index is 13.3. The normalized spacial score (nSPS) is 16.1. The molecule has 1 aromatic carbocycles. The van der Waals surface area contributed by atoms with Crippen LogP contribution in [0.3, 0.4) is 0 Å². The lowest BCUT2D eigenvalue weighted by molar-refractivity contribution is -0.134.